The number of carbonyl (C=O) groups excluding carboxylic acids is 1. The number of unbranched alkanes of at least 4 members (excludes halogenated alkanes) is 55. The second-order valence-electron chi connectivity index (χ2n) is 28.6. The van der Waals surface area contributed by atoms with Crippen molar-refractivity contribution in [1.82, 2.24) is 5.32 Å². The number of hydrogen-bond acceptors (Lipinski definition) is 13. The van der Waals surface area contributed by atoms with E-state index in [9.17, 15) is 45.6 Å². The average molecular weight is 1300 g/mol. The largest absolute Gasteiger partial charge is 0.394 e. The third-order valence-corrected chi connectivity index (χ3v) is 20.1. The minimum Gasteiger partial charge on any atom is -0.394 e. The van der Waals surface area contributed by atoms with E-state index in [0.29, 0.717) is 12.8 Å². The van der Waals surface area contributed by atoms with Crippen molar-refractivity contribution >= 4 is 5.91 Å². The molecule has 12 atom stereocenters. The Kier molecular flexibility index (Phi) is 59.1. The fourth-order valence-corrected chi connectivity index (χ4v) is 13.8. The molecule has 2 rings (SSSR count). The van der Waals surface area contributed by atoms with Crippen molar-refractivity contribution in [3.05, 3.63) is 0 Å². The van der Waals surface area contributed by atoms with E-state index in [1.54, 1.807) is 0 Å². The van der Waals surface area contributed by atoms with Gasteiger partial charge in [-0.1, -0.05) is 373 Å². The Morgan fingerprint density at radius 1 is 0.352 bits per heavy atom. The number of nitrogens with one attached hydrogen (secondary N) is 1. The fourth-order valence-electron chi connectivity index (χ4n) is 13.8. The van der Waals surface area contributed by atoms with Crippen LogP contribution in [0.3, 0.4) is 0 Å². The molecule has 14 nitrogen and oxygen atoms in total. The first-order valence-electron chi connectivity index (χ1n) is 39.8. The molecule has 14 heteroatoms. The SMILES string of the molecule is CCCCCCCCCCCCCCCCCCCCCCCCCCCCCCCCCCCCC(=O)NC(COC1OC(CO)C(OC2OC(CO)C(O)C(O)C2O)C(O)C1O)C(O)CCCCCCCCCCCCCCCCCCCCCCCCC. The van der Waals surface area contributed by atoms with Crippen LogP contribution >= 0.6 is 0 Å². The van der Waals surface area contributed by atoms with Gasteiger partial charge >= 0.3 is 0 Å². The molecule has 542 valence electrons. The molecule has 0 saturated carbocycles. The van der Waals surface area contributed by atoms with Gasteiger partial charge < -0.3 is 65.1 Å². The highest BCUT2D eigenvalue weighted by Gasteiger charge is 2.51. The maximum atomic E-state index is 13.4. The second kappa shape index (κ2) is 62.5. The Hall–Kier alpha value is -1.01. The topological polar surface area (TPSA) is 228 Å². The van der Waals surface area contributed by atoms with Gasteiger partial charge in [-0.15, -0.1) is 0 Å². The van der Waals surface area contributed by atoms with E-state index in [0.717, 1.165) is 51.4 Å². The molecule has 2 saturated heterocycles. The molecule has 91 heavy (non-hydrogen) atoms. The molecule has 0 aromatic rings. The fraction of sp³-hybridized carbons (Fsp3) is 0.987. The van der Waals surface area contributed by atoms with E-state index in [1.807, 2.05) is 0 Å². The number of amides is 1. The van der Waals surface area contributed by atoms with Crippen LogP contribution in [0.1, 0.15) is 393 Å². The molecule has 2 aliphatic rings. The lowest BCUT2D eigenvalue weighted by atomic mass is 9.97. The monoisotopic (exact) mass is 1300 g/mol. The molecule has 2 heterocycles. The Bertz CT molecular complexity index is 1530. The summed E-state index contributed by atoms with van der Waals surface area (Å²) in [4.78, 5) is 13.4. The first-order valence-corrected chi connectivity index (χ1v) is 39.8. The van der Waals surface area contributed by atoms with E-state index in [4.69, 9.17) is 18.9 Å². The summed E-state index contributed by atoms with van der Waals surface area (Å²) >= 11 is 0. The summed E-state index contributed by atoms with van der Waals surface area (Å²) in [5.74, 6) is -0.195. The Morgan fingerprint density at radius 2 is 0.626 bits per heavy atom. The third-order valence-electron chi connectivity index (χ3n) is 20.1. The van der Waals surface area contributed by atoms with Crippen LogP contribution in [-0.4, -0.2) is 140 Å². The number of aliphatic hydroxyl groups is 8. The van der Waals surface area contributed by atoms with Crippen molar-refractivity contribution in [3.63, 3.8) is 0 Å². The molecule has 0 bridgehead atoms. The van der Waals surface area contributed by atoms with Crippen molar-refractivity contribution in [2.45, 2.75) is 466 Å². The minimum atomic E-state index is -1.78. The van der Waals surface area contributed by atoms with E-state index >= 15 is 0 Å². The molecule has 9 N–H and O–H groups in total. The van der Waals surface area contributed by atoms with Gasteiger partial charge in [-0.25, -0.2) is 0 Å². The molecule has 1 amide bonds. The number of aliphatic hydroxyl groups excluding tert-OH is 8. The highest BCUT2D eigenvalue weighted by molar-refractivity contribution is 5.76. The summed E-state index contributed by atoms with van der Waals surface area (Å²) < 4.78 is 23.0. The van der Waals surface area contributed by atoms with Crippen LogP contribution in [0.15, 0.2) is 0 Å². The third kappa shape index (κ3) is 46.0. The summed E-state index contributed by atoms with van der Waals surface area (Å²) in [6, 6.07) is -0.825. The van der Waals surface area contributed by atoms with Gasteiger partial charge in [0.2, 0.25) is 5.91 Å². The van der Waals surface area contributed by atoms with Crippen LogP contribution in [-0.2, 0) is 23.7 Å². The first-order chi connectivity index (χ1) is 44.6. The van der Waals surface area contributed by atoms with Crippen LogP contribution < -0.4 is 5.32 Å². The van der Waals surface area contributed by atoms with Crippen LogP contribution in [0.2, 0.25) is 0 Å². The molecular formula is C77H151NO13. The molecule has 0 radical (unpaired) electrons. The first kappa shape index (κ1) is 86.1. The second-order valence-corrected chi connectivity index (χ2v) is 28.6. The highest BCUT2D eigenvalue weighted by Crippen LogP contribution is 2.31. The number of ether oxygens (including phenoxy) is 4. The predicted octanol–water partition coefficient (Wildman–Crippen LogP) is 17.5. The van der Waals surface area contributed by atoms with Crippen molar-refractivity contribution in [2.24, 2.45) is 0 Å². The Morgan fingerprint density at radius 3 is 0.934 bits per heavy atom. The molecule has 0 aromatic heterocycles. The summed E-state index contributed by atoms with van der Waals surface area (Å²) in [7, 11) is 0. The minimum absolute atomic E-state index is 0.195. The summed E-state index contributed by atoms with van der Waals surface area (Å²) in [6.07, 6.45) is 60.1. The van der Waals surface area contributed by atoms with Crippen LogP contribution in [0.25, 0.3) is 0 Å². The van der Waals surface area contributed by atoms with Gasteiger partial charge in [0, 0.05) is 6.42 Å². The van der Waals surface area contributed by atoms with E-state index in [1.165, 1.54) is 315 Å². The van der Waals surface area contributed by atoms with E-state index in [2.05, 4.69) is 19.2 Å². The molecular weight excluding hydrogens is 1150 g/mol. The summed E-state index contributed by atoms with van der Waals surface area (Å²) in [5, 5.41) is 87.8. The molecule has 0 spiro atoms. The van der Waals surface area contributed by atoms with Crippen molar-refractivity contribution in [2.75, 3.05) is 19.8 Å². The summed E-state index contributed by atoms with van der Waals surface area (Å²) in [6.45, 7) is 2.94. The van der Waals surface area contributed by atoms with Gasteiger partial charge in [0.15, 0.2) is 12.6 Å². The van der Waals surface area contributed by atoms with Gasteiger partial charge in [-0.3, -0.25) is 4.79 Å². The zero-order valence-electron chi connectivity index (χ0n) is 59.4. The smallest absolute Gasteiger partial charge is 0.220 e. The molecule has 2 aliphatic heterocycles. The predicted molar refractivity (Wildman–Crippen MR) is 374 cm³/mol. The number of rotatable bonds is 68. The van der Waals surface area contributed by atoms with Crippen molar-refractivity contribution in [3.8, 4) is 0 Å². The lowest BCUT2D eigenvalue weighted by Gasteiger charge is -2.46. The summed E-state index contributed by atoms with van der Waals surface area (Å²) in [5.41, 5.74) is 0. The molecule has 0 aromatic carbocycles. The number of carbonyl (C=O) groups is 1. The van der Waals surface area contributed by atoms with Crippen LogP contribution in [0, 0.1) is 0 Å². The highest BCUT2D eigenvalue weighted by atomic mass is 16.7. The zero-order chi connectivity index (χ0) is 65.9. The van der Waals surface area contributed by atoms with Gasteiger partial charge in [0.1, 0.15) is 48.8 Å². The average Bonchev–Trinajstić information content (AvgIpc) is 1.25. The van der Waals surface area contributed by atoms with Crippen LogP contribution in [0.4, 0.5) is 0 Å². The zero-order valence-corrected chi connectivity index (χ0v) is 59.4. The lowest BCUT2D eigenvalue weighted by molar-refractivity contribution is -0.359. The van der Waals surface area contributed by atoms with Gasteiger partial charge in [0.25, 0.3) is 0 Å². The van der Waals surface area contributed by atoms with Gasteiger partial charge in [0.05, 0.1) is 32.0 Å². The Balaban J connectivity index is 1.59. The maximum Gasteiger partial charge on any atom is 0.220 e. The Labute approximate surface area is 559 Å². The quantitative estimate of drug-likeness (QED) is 0.0259. The normalized spacial score (nSPS) is 22.7. The van der Waals surface area contributed by atoms with Gasteiger partial charge in [-0.05, 0) is 12.8 Å². The standard InChI is InChI=1S/C77H151NO13/c1-3-5-7-9-11-13-15-17-19-21-23-25-27-28-29-30-31-32-33-34-35-36-37-39-41-43-45-47-49-51-53-55-57-59-61-69(82)78-65(64-88-76-74(87)72(85)75(68(63-80)90-76)91-77-73(86)71(84)70(83)67(62-79)89-77)66(81)60-58-56-54-52-50-48-46-44-42-40-38-26-24-22-20-18-16-14-12-10-8-6-4-2/h65-68,70-77,79-81,83-87H,3-64H2,1-2H3,(H,78,82). The molecule has 12 unspecified atom stereocenters. The molecule has 2 fully saturated rings. The maximum absolute atomic E-state index is 13.4. The van der Waals surface area contributed by atoms with Gasteiger partial charge in [-0.2, -0.15) is 0 Å². The van der Waals surface area contributed by atoms with Crippen molar-refractivity contribution in [1.29, 1.82) is 0 Å². The van der Waals surface area contributed by atoms with Crippen molar-refractivity contribution < 1.29 is 64.6 Å². The van der Waals surface area contributed by atoms with E-state index < -0.39 is 86.8 Å². The lowest BCUT2D eigenvalue weighted by Crippen LogP contribution is -2.65. The van der Waals surface area contributed by atoms with Crippen LogP contribution in [0.5, 0.6) is 0 Å². The van der Waals surface area contributed by atoms with E-state index in [-0.39, 0.29) is 12.5 Å². The molecule has 0 aliphatic carbocycles. The number of hydrogen-bond donors (Lipinski definition) is 9.